The highest BCUT2D eigenvalue weighted by molar-refractivity contribution is 6.01. The second-order valence-electron chi connectivity index (χ2n) is 8.51. The fraction of sp³-hybridized carbons (Fsp3) is 0.259. The number of hydrogen-bond donors (Lipinski definition) is 1. The Hall–Kier alpha value is -4.11. The van der Waals surface area contributed by atoms with Crippen LogP contribution in [-0.2, 0) is 20.9 Å². The highest BCUT2D eigenvalue weighted by atomic mass is 19.1. The Morgan fingerprint density at radius 3 is 2.53 bits per heavy atom. The highest BCUT2D eigenvalue weighted by Gasteiger charge is 2.33. The Morgan fingerprint density at radius 1 is 1.06 bits per heavy atom. The predicted molar refractivity (Wildman–Crippen MR) is 135 cm³/mol. The molecule has 3 aromatic carbocycles. The molecule has 1 heterocycles. The van der Waals surface area contributed by atoms with Gasteiger partial charge in [-0.1, -0.05) is 35.5 Å². The van der Waals surface area contributed by atoms with Gasteiger partial charge in [0.1, 0.15) is 23.9 Å². The largest absolute Gasteiger partial charge is 0.383 e. The number of fused-ring (bicyclic) bond motifs is 1. The molecule has 0 unspecified atom stereocenters. The van der Waals surface area contributed by atoms with E-state index in [2.05, 4.69) is 15.6 Å². The van der Waals surface area contributed by atoms with Crippen molar-refractivity contribution < 1.29 is 18.7 Å². The molecule has 0 aliphatic carbocycles. The van der Waals surface area contributed by atoms with Gasteiger partial charge in [-0.15, -0.1) is 5.10 Å². The fourth-order valence-electron chi connectivity index (χ4n) is 3.99. The first-order chi connectivity index (χ1) is 17.4. The Balaban J connectivity index is 1.79. The van der Waals surface area contributed by atoms with Crippen molar-refractivity contribution in [3.8, 4) is 0 Å². The molecule has 1 aromatic heterocycles. The molecule has 0 spiro atoms. The van der Waals surface area contributed by atoms with Crippen molar-refractivity contribution in [2.45, 2.75) is 26.4 Å². The van der Waals surface area contributed by atoms with Gasteiger partial charge in [0.25, 0.3) is 0 Å². The molecule has 0 saturated heterocycles. The molecule has 36 heavy (non-hydrogen) atoms. The van der Waals surface area contributed by atoms with Crippen molar-refractivity contribution in [3.63, 3.8) is 0 Å². The van der Waals surface area contributed by atoms with E-state index in [4.69, 9.17) is 4.74 Å². The lowest BCUT2D eigenvalue weighted by Gasteiger charge is -2.32. The van der Waals surface area contributed by atoms with Gasteiger partial charge in [0, 0.05) is 19.3 Å². The van der Waals surface area contributed by atoms with E-state index in [0.29, 0.717) is 28.9 Å². The number of para-hydroxylation sites is 1. The molecule has 186 valence electrons. The molecular formula is C27H28FN5O3. The van der Waals surface area contributed by atoms with Gasteiger partial charge in [-0.25, -0.2) is 9.07 Å². The third-order valence-corrected chi connectivity index (χ3v) is 6.04. The first-order valence-corrected chi connectivity index (χ1v) is 11.6. The maximum Gasteiger partial charge on any atom is 0.249 e. The van der Waals surface area contributed by atoms with Crippen LogP contribution in [0.25, 0.3) is 11.0 Å². The van der Waals surface area contributed by atoms with Gasteiger partial charge in [-0.3, -0.25) is 14.5 Å². The fourth-order valence-corrected chi connectivity index (χ4v) is 3.99. The number of aryl methyl sites for hydroxylation is 2. The number of rotatable bonds is 9. The lowest BCUT2D eigenvalue weighted by Crippen LogP contribution is -2.46. The van der Waals surface area contributed by atoms with Gasteiger partial charge < -0.3 is 10.1 Å². The smallest absolute Gasteiger partial charge is 0.249 e. The second-order valence-corrected chi connectivity index (χ2v) is 8.51. The number of ether oxygens (including phenoxy) is 1. The minimum Gasteiger partial charge on any atom is -0.383 e. The first-order valence-electron chi connectivity index (χ1n) is 11.6. The van der Waals surface area contributed by atoms with Crippen LogP contribution in [0.3, 0.4) is 0 Å². The van der Waals surface area contributed by atoms with Crippen molar-refractivity contribution in [2.75, 3.05) is 25.2 Å². The number of nitrogens with one attached hydrogen (secondary N) is 1. The van der Waals surface area contributed by atoms with E-state index >= 15 is 0 Å². The van der Waals surface area contributed by atoms with Crippen molar-refractivity contribution in [2.24, 2.45) is 0 Å². The molecule has 1 N–H and O–H groups in total. The molecule has 0 bridgehead atoms. The molecule has 0 aliphatic heterocycles. The summed E-state index contributed by atoms with van der Waals surface area (Å²) in [5.74, 6) is -1.21. The third kappa shape index (κ3) is 5.41. The van der Waals surface area contributed by atoms with E-state index in [1.807, 2.05) is 50.2 Å². The van der Waals surface area contributed by atoms with Crippen LogP contribution < -0.4 is 10.2 Å². The molecule has 0 radical (unpaired) electrons. The summed E-state index contributed by atoms with van der Waals surface area (Å²) in [6.45, 7) is 4.34. The van der Waals surface area contributed by atoms with Crippen molar-refractivity contribution in [3.05, 3.63) is 89.2 Å². The Labute approximate surface area is 208 Å². The van der Waals surface area contributed by atoms with Gasteiger partial charge in [0.2, 0.25) is 11.8 Å². The number of hydrogen-bond acceptors (Lipinski definition) is 5. The van der Waals surface area contributed by atoms with Crippen LogP contribution in [0.15, 0.2) is 66.7 Å². The Kier molecular flexibility index (Phi) is 7.70. The molecule has 2 amide bonds. The molecule has 0 aliphatic rings. The maximum absolute atomic E-state index is 13.9. The van der Waals surface area contributed by atoms with E-state index in [1.54, 1.807) is 6.07 Å². The number of benzene rings is 3. The summed E-state index contributed by atoms with van der Waals surface area (Å²) < 4.78 is 20.3. The maximum atomic E-state index is 13.9. The standard InChI is InChI=1S/C27H28FN5O3/c1-18-8-13-22(16-19(18)2)33(25(34)17-32-24-7-5-4-6-23(24)30-31-32)26(27(35)29-14-15-36-3)20-9-11-21(28)12-10-20/h4-13,16,26H,14-15,17H2,1-3H3,(H,29,35)/t26-/m0/s1. The average molecular weight is 490 g/mol. The summed E-state index contributed by atoms with van der Waals surface area (Å²) in [7, 11) is 1.54. The van der Waals surface area contributed by atoms with E-state index < -0.39 is 17.8 Å². The van der Waals surface area contributed by atoms with Crippen LogP contribution in [0, 0.1) is 19.7 Å². The van der Waals surface area contributed by atoms with Gasteiger partial charge in [-0.05, 0) is 66.9 Å². The number of halogens is 1. The van der Waals surface area contributed by atoms with Gasteiger partial charge in [0.05, 0.1) is 12.1 Å². The molecule has 4 rings (SSSR count). The molecule has 4 aromatic rings. The topological polar surface area (TPSA) is 89.4 Å². The summed E-state index contributed by atoms with van der Waals surface area (Å²) in [6, 6.07) is 17.4. The lowest BCUT2D eigenvalue weighted by molar-refractivity contribution is -0.127. The van der Waals surface area contributed by atoms with E-state index in [-0.39, 0.29) is 19.0 Å². The summed E-state index contributed by atoms with van der Waals surface area (Å²) in [5.41, 5.74) is 4.40. The number of anilines is 1. The predicted octanol–water partition coefficient (Wildman–Crippen LogP) is 3.72. The van der Waals surface area contributed by atoms with Crippen LogP contribution in [0.4, 0.5) is 10.1 Å². The van der Waals surface area contributed by atoms with Gasteiger partial charge >= 0.3 is 0 Å². The Morgan fingerprint density at radius 2 is 1.81 bits per heavy atom. The quantitative estimate of drug-likeness (QED) is 0.362. The molecular weight excluding hydrogens is 461 g/mol. The lowest BCUT2D eigenvalue weighted by atomic mass is 10.0. The van der Waals surface area contributed by atoms with Crippen LogP contribution in [0.2, 0.25) is 0 Å². The SMILES string of the molecule is COCCNC(=O)[C@H](c1ccc(F)cc1)N(C(=O)Cn1nnc2ccccc21)c1ccc(C)c(C)c1. The minimum atomic E-state index is -1.05. The molecule has 8 nitrogen and oxygen atoms in total. The van der Waals surface area contributed by atoms with Crippen molar-refractivity contribution in [1.29, 1.82) is 0 Å². The van der Waals surface area contributed by atoms with Crippen molar-refractivity contribution >= 4 is 28.5 Å². The highest BCUT2D eigenvalue weighted by Crippen LogP contribution is 2.30. The summed E-state index contributed by atoms with van der Waals surface area (Å²) in [6.07, 6.45) is 0. The zero-order valence-electron chi connectivity index (χ0n) is 20.4. The number of aromatic nitrogens is 3. The van der Waals surface area contributed by atoms with Crippen LogP contribution >= 0.6 is 0 Å². The number of methoxy groups -OCH3 is 1. The molecule has 0 fully saturated rings. The number of carbonyl (C=O) groups is 2. The monoisotopic (exact) mass is 489 g/mol. The normalized spacial score (nSPS) is 11.9. The third-order valence-electron chi connectivity index (χ3n) is 6.04. The first kappa shape index (κ1) is 25.0. The van der Waals surface area contributed by atoms with Gasteiger partial charge in [0.15, 0.2) is 0 Å². The van der Waals surface area contributed by atoms with Gasteiger partial charge in [-0.2, -0.15) is 0 Å². The second kappa shape index (κ2) is 11.1. The molecule has 1 atom stereocenters. The summed E-state index contributed by atoms with van der Waals surface area (Å²) in [4.78, 5) is 28.9. The number of nitrogens with zero attached hydrogens (tertiary/aromatic N) is 4. The number of carbonyl (C=O) groups excluding carboxylic acids is 2. The minimum absolute atomic E-state index is 0.142. The summed E-state index contributed by atoms with van der Waals surface area (Å²) >= 11 is 0. The zero-order chi connectivity index (χ0) is 25.7. The van der Waals surface area contributed by atoms with Crippen molar-refractivity contribution in [1.82, 2.24) is 20.3 Å². The zero-order valence-corrected chi connectivity index (χ0v) is 20.4. The van der Waals surface area contributed by atoms with Crippen LogP contribution in [0.5, 0.6) is 0 Å². The van der Waals surface area contributed by atoms with E-state index in [1.165, 1.54) is 41.0 Å². The molecule has 0 saturated carbocycles. The van der Waals surface area contributed by atoms with E-state index in [9.17, 15) is 14.0 Å². The Bertz CT molecular complexity index is 1370. The van der Waals surface area contributed by atoms with Crippen LogP contribution in [-0.4, -0.2) is 47.1 Å². The van der Waals surface area contributed by atoms with E-state index in [0.717, 1.165) is 11.1 Å². The molecule has 9 heteroatoms. The number of amides is 2. The average Bonchev–Trinajstić information content (AvgIpc) is 3.27. The van der Waals surface area contributed by atoms with Crippen LogP contribution in [0.1, 0.15) is 22.7 Å². The summed E-state index contributed by atoms with van der Waals surface area (Å²) in [5, 5.41) is 11.1.